The second-order valence-corrected chi connectivity index (χ2v) is 17.2. The minimum Gasteiger partial charge on any atom is -0.508 e. The lowest BCUT2D eigenvalue weighted by Gasteiger charge is -2.38. The molecule has 3 aliphatic heterocycles. The van der Waals surface area contributed by atoms with Gasteiger partial charge in [0.25, 0.3) is 17.8 Å². The fourth-order valence-corrected chi connectivity index (χ4v) is 9.17. The SMILES string of the molecule is CC(C)c1cc(C(=O)N2Cc3ccc(CN4CCC(C(=O)N5CCN(CCCNC(=O)c6cnc7ccc(-c8ccc9oc(N)nc9c8)cn67)CC5)CC4)cc3C2)c(O)cc1O. The number of fused-ring (bicyclic) bond motifs is 3. The second kappa shape index (κ2) is 17.1. The summed E-state index contributed by atoms with van der Waals surface area (Å²) in [6.45, 7) is 11.7. The van der Waals surface area contributed by atoms with Crippen molar-refractivity contribution in [2.24, 2.45) is 5.92 Å². The fourth-order valence-electron chi connectivity index (χ4n) is 9.17. The van der Waals surface area contributed by atoms with Gasteiger partial charge in [-0.3, -0.25) is 28.6 Å². The highest BCUT2D eigenvalue weighted by atomic mass is 16.4. The number of pyridine rings is 1. The lowest BCUT2D eigenvalue weighted by molar-refractivity contribution is -0.138. The van der Waals surface area contributed by atoms with E-state index in [9.17, 15) is 24.6 Å². The van der Waals surface area contributed by atoms with Gasteiger partial charge in [0.15, 0.2) is 5.58 Å². The summed E-state index contributed by atoms with van der Waals surface area (Å²) in [5.41, 5.74) is 14.2. The van der Waals surface area contributed by atoms with E-state index >= 15 is 0 Å². The number of nitrogen functional groups attached to an aromatic ring is 1. The van der Waals surface area contributed by atoms with Crippen molar-refractivity contribution in [2.45, 2.75) is 58.7 Å². The molecule has 6 aromatic rings. The fraction of sp³-hybridized carbons (Fsp3) is 0.383. The number of phenols is 2. The lowest BCUT2D eigenvalue weighted by atomic mass is 9.94. The molecule has 0 radical (unpaired) electrons. The maximum Gasteiger partial charge on any atom is 0.292 e. The Bertz CT molecular complexity index is 2660. The van der Waals surface area contributed by atoms with Crippen LogP contribution in [0.3, 0.4) is 0 Å². The molecular formula is C47H53N9O6. The first-order valence-electron chi connectivity index (χ1n) is 21.6. The van der Waals surface area contributed by atoms with E-state index < -0.39 is 0 Å². The van der Waals surface area contributed by atoms with Crippen LogP contribution in [0.15, 0.2) is 77.5 Å². The van der Waals surface area contributed by atoms with Gasteiger partial charge in [-0.05, 0) is 109 Å². The molecule has 6 heterocycles. The van der Waals surface area contributed by atoms with E-state index in [4.69, 9.17) is 10.2 Å². The molecule has 15 heteroatoms. The summed E-state index contributed by atoms with van der Waals surface area (Å²) in [7, 11) is 0. The number of amides is 3. The third-order valence-electron chi connectivity index (χ3n) is 12.7. The van der Waals surface area contributed by atoms with Crippen LogP contribution in [-0.2, 0) is 24.4 Å². The summed E-state index contributed by atoms with van der Waals surface area (Å²) >= 11 is 0. The number of benzene rings is 3. The van der Waals surface area contributed by atoms with E-state index in [1.807, 2.05) is 55.3 Å². The van der Waals surface area contributed by atoms with Crippen molar-refractivity contribution >= 4 is 40.5 Å². The van der Waals surface area contributed by atoms with E-state index in [-0.39, 0.29) is 52.6 Å². The number of carbonyl (C=O) groups is 3. The first-order chi connectivity index (χ1) is 30.0. The first kappa shape index (κ1) is 40.9. The summed E-state index contributed by atoms with van der Waals surface area (Å²) in [6.07, 6.45) is 5.97. The van der Waals surface area contributed by atoms with Crippen molar-refractivity contribution in [3.63, 3.8) is 0 Å². The summed E-state index contributed by atoms with van der Waals surface area (Å²) in [5.74, 6) is -0.343. The Hall–Kier alpha value is -6.45. The highest BCUT2D eigenvalue weighted by Gasteiger charge is 2.31. The van der Waals surface area contributed by atoms with Crippen molar-refractivity contribution in [2.75, 3.05) is 58.1 Å². The molecule has 0 atom stereocenters. The molecule has 0 aliphatic carbocycles. The topological polar surface area (TPSA) is 186 Å². The van der Waals surface area contributed by atoms with Gasteiger partial charge in [0.2, 0.25) is 5.91 Å². The van der Waals surface area contributed by atoms with Gasteiger partial charge in [-0.25, -0.2) is 4.98 Å². The number of piperidine rings is 1. The van der Waals surface area contributed by atoms with Crippen molar-refractivity contribution in [3.8, 4) is 22.6 Å². The average molecular weight is 840 g/mol. The van der Waals surface area contributed by atoms with Gasteiger partial charge < -0.3 is 35.5 Å². The molecule has 15 nitrogen and oxygen atoms in total. The Balaban J connectivity index is 0.694. The third kappa shape index (κ3) is 8.42. The molecule has 3 aromatic carbocycles. The van der Waals surface area contributed by atoms with Crippen LogP contribution in [0.25, 0.3) is 27.9 Å². The smallest absolute Gasteiger partial charge is 0.292 e. The zero-order valence-electron chi connectivity index (χ0n) is 35.2. The molecule has 5 N–H and O–H groups in total. The number of rotatable bonds is 11. The summed E-state index contributed by atoms with van der Waals surface area (Å²) in [5, 5.41) is 23.8. The minimum absolute atomic E-state index is 0.00678. The van der Waals surface area contributed by atoms with Gasteiger partial charge in [0.1, 0.15) is 28.4 Å². The second-order valence-electron chi connectivity index (χ2n) is 17.2. The molecule has 0 spiro atoms. The number of carbonyl (C=O) groups excluding carboxylic acids is 3. The molecule has 0 bridgehead atoms. The summed E-state index contributed by atoms with van der Waals surface area (Å²) in [6, 6.07) is 18.9. The van der Waals surface area contributed by atoms with Crippen LogP contribution in [0.4, 0.5) is 6.01 Å². The monoisotopic (exact) mass is 839 g/mol. The molecule has 9 rings (SSSR count). The molecule has 0 unspecified atom stereocenters. The predicted molar refractivity (Wildman–Crippen MR) is 234 cm³/mol. The summed E-state index contributed by atoms with van der Waals surface area (Å²) < 4.78 is 7.20. The maximum absolute atomic E-state index is 13.6. The average Bonchev–Trinajstić information content (AvgIpc) is 4.00. The third-order valence-corrected chi connectivity index (χ3v) is 12.7. The molecule has 0 saturated carbocycles. The Kier molecular flexibility index (Phi) is 11.3. The van der Waals surface area contributed by atoms with Crippen LogP contribution in [-0.4, -0.2) is 114 Å². The molecule has 3 amide bonds. The van der Waals surface area contributed by atoms with Crippen molar-refractivity contribution in [1.82, 2.24) is 39.3 Å². The minimum atomic E-state index is -0.251. The number of aromatic nitrogens is 3. The molecule has 3 aromatic heterocycles. The van der Waals surface area contributed by atoms with Crippen molar-refractivity contribution < 1.29 is 29.0 Å². The normalized spacial score (nSPS) is 16.4. The molecule has 322 valence electrons. The maximum atomic E-state index is 13.6. The zero-order valence-corrected chi connectivity index (χ0v) is 35.2. The molecule has 3 aliphatic rings. The van der Waals surface area contributed by atoms with Crippen LogP contribution < -0.4 is 11.1 Å². The molecule has 2 fully saturated rings. The zero-order chi connectivity index (χ0) is 43.1. The number of oxazole rings is 1. The Morgan fingerprint density at radius 2 is 1.63 bits per heavy atom. The number of phenolic OH excluding ortho intramolecular Hbond substituents is 2. The number of hydrogen-bond donors (Lipinski definition) is 4. The number of nitrogens with zero attached hydrogens (tertiary/aromatic N) is 7. The number of likely N-dealkylation sites (tertiary alicyclic amines) is 1. The Morgan fingerprint density at radius 3 is 2.42 bits per heavy atom. The lowest BCUT2D eigenvalue weighted by Crippen LogP contribution is -2.51. The van der Waals surface area contributed by atoms with Crippen LogP contribution in [0.1, 0.15) is 82.1 Å². The number of nitrogens with one attached hydrogen (secondary N) is 1. The number of hydrogen-bond acceptors (Lipinski definition) is 11. The van der Waals surface area contributed by atoms with Crippen LogP contribution in [0.2, 0.25) is 0 Å². The Labute approximate surface area is 359 Å². The standard InChI is InChI=1S/C47H53N9O6/c1-29(2)36-22-37(41(58)23-40(36)57)46(61)55-26-33-5-4-30(20-35(33)27-55)25-53-14-10-31(11-15-53)45(60)54-18-16-52(17-19-54)13-3-12-49-44(59)39-24-50-43-9-7-34(28-56(39)43)32-6-8-42-38(21-32)51-47(48)62-42/h4-9,20-24,28-29,31,57-58H,3,10-19,25-27H2,1-2H3,(H2,48,51)(H,49,59). The van der Waals surface area contributed by atoms with Gasteiger partial charge in [-0.2, -0.15) is 4.98 Å². The van der Waals surface area contributed by atoms with E-state index in [2.05, 4.69) is 43.3 Å². The van der Waals surface area contributed by atoms with Crippen LogP contribution in [0.5, 0.6) is 11.5 Å². The van der Waals surface area contributed by atoms with Crippen LogP contribution in [0, 0.1) is 5.92 Å². The highest BCUT2D eigenvalue weighted by Crippen LogP contribution is 2.35. The van der Waals surface area contributed by atoms with Gasteiger partial charge in [0, 0.05) is 70.5 Å². The van der Waals surface area contributed by atoms with E-state index in [0.29, 0.717) is 60.7 Å². The number of anilines is 1. The summed E-state index contributed by atoms with van der Waals surface area (Å²) in [4.78, 5) is 57.5. The van der Waals surface area contributed by atoms with Crippen LogP contribution >= 0.6 is 0 Å². The number of imidazole rings is 1. The largest absolute Gasteiger partial charge is 0.508 e. The van der Waals surface area contributed by atoms with Crippen molar-refractivity contribution in [1.29, 1.82) is 0 Å². The van der Waals surface area contributed by atoms with E-state index in [1.165, 1.54) is 11.6 Å². The molecule has 2 saturated heterocycles. The van der Waals surface area contributed by atoms with Crippen molar-refractivity contribution in [3.05, 3.63) is 107 Å². The quantitative estimate of drug-likeness (QED) is 0.119. The molecule has 62 heavy (non-hydrogen) atoms. The number of piperazine rings is 1. The molecular weight excluding hydrogens is 787 g/mol. The number of aromatic hydroxyl groups is 2. The van der Waals surface area contributed by atoms with Gasteiger partial charge in [0.05, 0.1) is 11.8 Å². The predicted octanol–water partition coefficient (Wildman–Crippen LogP) is 5.59. The van der Waals surface area contributed by atoms with Gasteiger partial charge >= 0.3 is 0 Å². The van der Waals surface area contributed by atoms with E-state index in [1.54, 1.807) is 21.6 Å². The Morgan fingerprint density at radius 1 is 0.855 bits per heavy atom. The highest BCUT2D eigenvalue weighted by molar-refractivity contribution is 5.98. The van der Waals surface area contributed by atoms with Gasteiger partial charge in [-0.1, -0.05) is 38.1 Å². The van der Waals surface area contributed by atoms with E-state index in [0.717, 1.165) is 80.8 Å². The first-order valence-corrected chi connectivity index (χ1v) is 21.6. The van der Waals surface area contributed by atoms with Gasteiger partial charge in [-0.15, -0.1) is 0 Å². The number of nitrogens with two attached hydrogens (primary N) is 1.